The molecule has 1 aromatic heterocycles. The monoisotopic (exact) mass is 336 g/mol. The second-order valence-corrected chi connectivity index (χ2v) is 6.93. The van der Waals surface area contributed by atoms with Crippen molar-refractivity contribution in [2.24, 2.45) is 0 Å². The lowest BCUT2D eigenvalue weighted by molar-refractivity contribution is 0.174. The van der Waals surface area contributed by atoms with Crippen molar-refractivity contribution in [1.82, 2.24) is 9.88 Å². The highest BCUT2D eigenvalue weighted by Gasteiger charge is 2.28. The van der Waals surface area contributed by atoms with Gasteiger partial charge in [0.15, 0.2) is 23.0 Å². The first-order valence-electron chi connectivity index (χ1n) is 8.72. The molecule has 0 aliphatic carbocycles. The van der Waals surface area contributed by atoms with Gasteiger partial charge in [-0.25, -0.2) is 4.98 Å². The molecule has 0 N–H and O–H groups in total. The van der Waals surface area contributed by atoms with Gasteiger partial charge in [-0.3, -0.25) is 4.90 Å². The van der Waals surface area contributed by atoms with Crippen molar-refractivity contribution in [3.05, 3.63) is 53.4 Å². The SMILES string of the molecule is Cc1ccc2oc([C@H]3CCN(Cc4ccc5c(c4)OCO5)C3)nc2c1. The van der Waals surface area contributed by atoms with Gasteiger partial charge in [0.25, 0.3) is 0 Å². The summed E-state index contributed by atoms with van der Waals surface area (Å²) in [6, 6.07) is 12.4. The van der Waals surface area contributed by atoms with Gasteiger partial charge in [-0.1, -0.05) is 12.1 Å². The Labute approximate surface area is 146 Å². The standard InChI is InChI=1S/C20H20N2O3/c1-13-2-4-17-16(8-13)21-20(25-17)15-6-7-22(11-15)10-14-3-5-18-19(9-14)24-12-23-18/h2-5,8-9,15H,6-7,10-12H2,1H3/t15-/m0/s1. The van der Waals surface area contributed by atoms with E-state index in [1.54, 1.807) is 0 Å². The number of hydrogen-bond acceptors (Lipinski definition) is 5. The number of nitrogens with zero attached hydrogens (tertiary/aromatic N) is 2. The molecule has 0 saturated carbocycles. The molecule has 2 aliphatic heterocycles. The zero-order valence-corrected chi connectivity index (χ0v) is 14.2. The summed E-state index contributed by atoms with van der Waals surface area (Å²) in [5.74, 6) is 2.92. The fourth-order valence-electron chi connectivity index (χ4n) is 3.71. The molecule has 1 atom stereocenters. The number of ether oxygens (including phenoxy) is 2. The van der Waals surface area contributed by atoms with Gasteiger partial charge in [0.2, 0.25) is 6.79 Å². The average Bonchev–Trinajstić information content (AvgIpc) is 3.32. The summed E-state index contributed by atoms with van der Waals surface area (Å²) < 4.78 is 16.8. The van der Waals surface area contributed by atoms with Crippen LogP contribution in [-0.4, -0.2) is 29.8 Å². The van der Waals surface area contributed by atoms with Crippen LogP contribution in [0.4, 0.5) is 0 Å². The molecule has 1 fully saturated rings. The molecule has 1 saturated heterocycles. The quantitative estimate of drug-likeness (QED) is 0.727. The summed E-state index contributed by atoms with van der Waals surface area (Å²) in [4.78, 5) is 7.16. The third-order valence-corrected chi connectivity index (χ3v) is 5.02. The number of benzene rings is 2. The lowest BCUT2D eigenvalue weighted by Gasteiger charge is -2.15. The van der Waals surface area contributed by atoms with E-state index < -0.39 is 0 Å². The minimum Gasteiger partial charge on any atom is -0.454 e. The van der Waals surface area contributed by atoms with Gasteiger partial charge in [-0.2, -0.15) is 0 Å². The van der Waals surface area contributed by atoms with Crippen LogP contribution in [0, 0.1) is 6.92 Å². The van der Waals surface area contributed by atoms with E-state index in [0.717, 1.165) is 54.5 Å². The molecule has 5 rings (SSSR count). The Balaban J connectivity index is 1.30. The van der Waals surface area contributed by atoms with Crippen molar-refractivity contribution in [2.45, 2.75) is 25.8 Å². The number of likely N-dealkylation sites (tertiary alicyclic amines) is 1. The zero-order chi connectivity index (χ0) is 16.8. The number of oxazole rings is 1. The van der Waals surface area contributed by atoms with Crippen LogP contribution in [0.1, 0.15) is 29.4 Å². The van der Waals surface area contributed by atoms with Crippen molar-refractivity contribution < 1.29 is 13.9 Å². The van der Waals surface area contributed by atoms with Crippen LogP contribution in [0.2, 0.25) is 0 Å². The topological polar surface area (TPSA) is 47.7 Å². The predicted molar refractivity (Wildman–Crippen MR) is 93.9 cm³/mol. The summed E-state index contributed by atoms with van der Waals surface area (Å²) in [5.41, 5.74) is 4.31. The van der Waals surface area contributed by atoms with E-state index in [1.165, 1.54) is 11.1 Å². The molecule has 5 nitrogen and oxygen atoms in total. The first kappa shape index (κ1) is 14.8. The Morgan fingerprint density at radius 1 is 1.12 bits per heavy atom. The maximum atomic E-state index is 5.99. The van der Waals surface area contributed by atoms with Crippen molar-refractivity contribution in [2.75, 3.05) is 19.9 Å². The molecule has 0 spiro atoms. The molecular formula is C20H20N2O3. The van der Waals surface area contributed by atoms with Crippen LogP contribution >= 0.6 is 0 Å². The number of aryl methyl sites for hydroxylation is 1. The summed E-state index contributed by atoms with van der Waals surface area (Å²) >= 11 is 0. The van der Waals surface area contributed by atoms with Gasteiger partial charge in [0.05, 0.1) is 0 Å². The third kappa shape index (κ3) is 2.74. The van der Waals surface area contributed by atoms with E-state index >= 15 is 0 Å². The molecule has 2 aliphatic rings. The molecule has 3 aromatic rings. The van der Waals surface area contributed by atoms with Gasteiger partial charge in [-0.15, -0.1) is 0 Å². The lowest BCUT2D eigenvalue weighted by atomic mass is 10.1. The van der Waals surface area contributed by atoms with Crippen molar-refractivity contribution >= 4 is 11.1 Å². The number of hydrogen-bond donors (Lipinski definition) is 0. The number of rotatable bonds is 3. The molecule has 128 valence electrons. The maximum Gasteiger partial charge on any atom is 0.231 e. The van der Waals surface area contributed by atoms with E-state index in [0.29, 0.717) is 12.7 Å². The van der Waals surface area contributed by atoms with E-state index in [4.69, 9.17) is 18.9 Å². The maximum absolute atomic E-state index is 5.99. The fourth-order valence-corrected chi connectivity index (χ4v) is 3.71. The minimum absolute atomic E-state index is 0.321. The Morgan fingerprint density at radius 2 is 2.04 bits per heavy atom. The van der Waals surface area contributed by atoms with E-state index in [1.807, 2.05) is 12.1 Å². The smallest absolute Gasteiger partial charge is 0.231 e. The predicted octanol–water partition coefficient (Wildman–Crippen LogP) is 3.85. The molecule has 0 radical (unpaired) electrons. The molecule has 0 unspecified atom stereocenters. The molecule has 3 heterocycles. The first-order valence-corrected chi connectivity index (χ1v) is 8.72. The Morgan fingerprint density at radius 3 is 3.00 bits per heavy atom. The number of aromatic nitrogens is 1. The number of fused-ring (bicyclic) bond motifs is 2. The largest absolute Gasteiger partial charge is 0.454 e. The molecular weight excluding hydrogens is 316 g/mol. The van der Waals surface area contributed by atoms with Crippen LogP contribution in [0.15, 0.2) is 40.8 Å². The summed E-state index contributed by atoms with van der Waals surface area (Å²) in [6.45, 7) is 5.34. The van der Waals surface area contributed by atoms with Gasteiger partial charge in [-0.05, 0) is 55.3 Å². The highest BCUT2D eigenvalue weighted by Crippen LogP contribution is 2.34. The summed E-state index contributed by atoms with van der Waals surface area (Å²) in [6.07, 6.45) is 1.08. The zero-order valence-electron chi connectivity index (χ0n) is 14.2. The second kappa shape index (κ2) is 5.77. The first-order chi connectivity index (χ1) is 12.2. The highest BCUT2D eigenvalue weighted by atomic mass is 16.7. The Hall–Kier alpha value is -2.53. The molecule has 25 heavy (non-hydrogen) atoms. The second-order valence-electron chi connectivity index (χ2n) is 6.93. The fraction of sp³-hybridized carbons (Fsp3) is 0.350. The van der Waals surface area contributed by atoms with Gasteiger partial charge >= 0.3 is 0 Å². The molecule has 0 amide bonds. The molecule has 0 bridgehead atoms. The third-order valence-electron chi connectivity index (χ3n) is 5.02. The van der Waals surface area contributed by atoms with Gasteiger partial charge in [0, 0.05) is 19.0 Å². The van der Waals surface area contributed by atoms with E-state index in [-0.39, 0.29) is 0 Å². The van der Waals surface area contributed by atoms with Crippen LogP contribution in [0.3, 0.4) is 0 Å². The van der Waals surface area contributed by atoms with Gasteiger partial charge < -0.3 is 13.9 Å². The average molecular weight is 336 g/mol. The summed E-state index contributed by atoms with van der Waals surface area (Å²) in [7, 11) is 0. The van der Waals surface area contributed by atoms with Crippen LogP contribution < -0.4 is 9.47 Å². The summed E-state index contributed by atoms with van der Waals surface area (Å²) in [5, 5.41) is 0. The van der Waals surface area contributed by atoms with Crippen LogP contribution in [-0.2, 0) is 6.54 Å². The van der Waals surface area contributed by atoms with Crippen molar-refractivity contribution in [3.8, 4) is 11.5 Å². The molecule has 5 heteroatoms. The van der Waals surface area contributed by atoms with Crippen LogP contribution in [0.5, 0.6) is 11.5 Å². The van der Waals surface area contributed by atoms with E-state index in [2.05, 4.69) is 36.1 Å². The minimum atomic E-state index is 0.321. The van der Waals surface area contributed by atoms with Crippen molar-refractivity contribution in [1.29, 1.82) is 0 Å². The Kier molecular flexibility index (Phi) is 3.41. The molecule has 2 aromatic carbocycles. The Bertz CT molecular complexity index is 934. The van der Waals surface area contributed by atoms with Gasteiger partial charge in [0.1, 0.15) is 5.52 Å². The van der Waals surface area contributed by atoms with Crippen molar-refractivity contribution in [3.63, 3.8) is 0 Å². The lowest BCUT2D eigenvalue weighted by Crippen LogP contribution is -2.19. The normalized spacial score (nSPS) is 19.8. The van der Waals surface area contributed by atoms with E-state index in [9.17, 15) is 0 Å². The van der Waals surface area contributed by atoms with Crippen LogP contribution in [0.25, 0.3) is 11.1 Å². The highest BCUT2D eigenvalue weighted by molar-refractivity contribution is 5.73.